The lowest BCUT2D eigenvalue weighted by Gasteiger charge is -2.41. The molecule has 0 fully saturated rings. The Morgan fingerprint density at radius 2 is 2.18 bits per heavy atom. The van der Waals surface area contributed by atoms with E-state index >= 15 is 0 Å². The van der Waals surface area contributed by atoms with Gasteiger partial charge in [0.25, 0.3) is 0 Å². The highest BCUT2D eigenvalue weighted by atomic mass is 16.4. The minimum atomic E-state index is -0.707. The molecule has 0 aromatic rings. The first-order valence-corrected chi connectivity index (χ1v) is 6.57. The molecular weight excluding hydrogens is 212 g/mol. The molecule has 0 amide bonds. The van der Waals surface area contributed by atoms with E-state index in [1.54, 1.807) is 0 Å². The lowest BCUT2D eigenvalue weighted by molar-refractivity contribution is -0.134. The minimum absolute atomic E-state index is 0.0838. The van der Waals surface area contributed by atoms with E-state index in [2.05, 4.69) is 26.8 Å². The fraction of sp³-hybridized carbons (Fsp3) is 0.667. The summed E-state index contributed by atoms with van der Waals surface area (Å²) < 4.78 is 0. The number of hydrogen-bond acceptors (Lipinski definition) is 1. The molecule has 0 aromatic heterocycles. The zero-order valence-corrected chi connectivity index (χ0v) is 11.0. The number of carboxylic acids is 1. The van der Waals surface area contributed by atoms with Crippen LogP contribution in [0.15, 0.2) is 23.3 Å². The summed E-state index contributed by atoms with van der Waals surface area (Å²) in [6.45, 7) is 6.59. The maximum atomic E-state index is 11.4. The maximum Gasteiger partial charge on any atom is 0.331 e. The van der Waals surface area contributed by atoms with Crippen LogP contribution in [-0.4, -0.2) is 11.1 Å². The zero-order chi connectivity index (χ0) is 12.6. The molecule has 17 heavy (non-hydrogen) atoms. The minimum Gasteiger partial charge on any atom is -0.478 e. The van der Waals surface area contributed by atoms with Crippen LogP contribution < -0.4 is 0 Å². The molecule has 0 bridgehead atoms. The number of aliphatic carboxylic acids is 1. The first-order chi connectivity index (χ1) is 7.97. The molecule has 0 heterocycles. The largest absolute Gasteiger partial charge is 0.478 e. The number of carboxylic acid groups (broad SMARTS) is 1. The van der Waals surface area contributed by atoms with Crippen LogP contribution in [0.5, 0.6) is 0 Å². The lowest BCUT2D eigenvalue weighted by Crippen LogP contribution is -2.35. The molecule has 2 aliphatic rings. The molecule has 1 N–H and O–H groups in total. The third-order valence-electron chi connectivity index (χ3n) is 4.64. The van der Waals surface area contributed by atoms with Crippen LogP contribution in [0.1, 0.15) is 46.5 Å². The van der Waals surface area contributed by atoms with E-state index < -0.39 is 5.97 Å². The quantitative estimate of drug-likeness (QED) is 0.738. The standard InChI is InChI=1S/C15H22O2/c1-10(2)12-4-5-13(14(16)17)15(12)8-6-11(3)7-9-15/h5-6,10,12H,4,7-9H2,1-3H3,(H,16,17)/t12-,15+/m0/s1. The first kappa shape index (κ1) is 12.4. The van der Waals surface area contributed by atoms with Gasteiger partial charge in [-0.15, -0.1) is 0 Å². The van der Waals surface area contributed by atoms with Crippen LogP contribution in [0.2, 0.25) is 0 Å². The van der Waals surface area contributed by atoms with Crippen molar-refractivity contribution >= 4 is 5.97 Å². The van der Waals surface area contributed by atoms with Crippen molar-refractivity contribution in [3.8, 4) is 0 Å². The zero-order valence-electron chi connectivity index (χ0n) is 11.0. The molecule has 1 spiro atoms. The Kier molecular flexibility index (Phi) is 3.15. The van der Waals surface area contributed by atoms with Gasteiger partial charge in [0.15, 0.2) is 0 Å². The Hall–Kier alpha value is -1.05. The van der Waals surface area contributed by atoms with Crippen LogP contribution in [-0.2, 0) is 4.79 Å². The molecule has 2 heteroatoms. The average molecular weight is 234 g/mol. The summed E-state index contributed by atoms with van der Waals surface area (Å²) in [7, 11) is 0. The summed E-state index contributed by atoms with van der Waals surface area (Å²) in [5.41, 5.74) is 2.01. The predicted octanol–water partition coefficient (Wildman–Crippen LogP) is 3.79. The van der Waals surface area contributed by atoms with E-state index in [0.29, 0.717) is 17.4 Å². The van der Waals surface area contributed by atoms with Crippen molar-refractivity contribution in [2.24, 2.45) is 17.3 Å². The molecule has 2 rings (SSSR count). The third-order valence-corrected chi connectivity index (χ3v) is 4.64. The number of rotatable bonds is 2. The van der Waals surface area contributed by atoms with Gasteiger partial charge in [-0.3, -0.25) is 0 Å². The van der Waals surface area contributed by atoms with Gasteiger partial charge in [-0.25, -0.2) is 4.79 Å². The van der Waals surface area contributed by atoms with Crippen molar-refractivity contribution in [1.29, 1.82) is 0 Å². The first-order valence-electron chi connectivity index (χ1n) is 6.57. The summed E-state index contributed by atoms with van der Waals surface area (Å²) in [5.74, 6) is 0.342. The molecule has 2 aliphatic carbocycles. The highest BCUT2D eigenvalue weighted by Crippen LogP contribution is 2.55. The van der Waals surface area contributed by atoms with E-state index in [1.165, 1.54) is 5.57 Å². The second-order valence-corrected chi connectivity index (χ2v) is 5.92. The Labute approximate surface area is 103 Å². The fourth-order valence-corrected chi connectivity index (χ4v) is 3.65. The third kappa shape index (κ3) is 1.94. The Morgan fingerprint density at radius 3 is 2.65 bits per heavy atom. The van der Waals surface area contributed by atoms with Gasteiger partial charge in [0.05, 0.1) is 0 Å². The monoisotopic (exact) mass is 234 g/mol. The summed E-state index contributed by atoms with van der Waals surface area (Å²) in [6.07, 6.45) is 8.14. The summed E-state index contributed by atoms with van der Waals surface area (Å²) in [5, 5.41) is 9.41. The van der Waals surface area contributed by atoms with Crippen molar-refractivity contribution in [2.45, 2.75) is 46.5 Å². The van der Waals surface area contributed by atoms with Gasteiger partial charge in [-0.2, -0.15) is 0 Å². The molecule has 2 atom stereocenters. The van der Waals surface area contributed by atoms with Gasteiger partial charge in [-0.1, -0.05) is 31.6 Å². The molecule has 0 unspecified atom stereocenters. The second-order valence-electron chi connectivity index (χ2n) is 5.92. The van der Waals surface area contributed by atoms with Gasteiger partial charge in [-0.05, 0) is 44.4 Å². The topological polar surface area (TPSA) is 37.3 Å². The van der Waals surface area contributed by atoms with Crippen LogP contribution in [0.4, 0.5) is 0 Å². The molecule has 0 saturated carbocycles. The Bertz CT molecular complexity index is 390. The summed E-state index contributed by atoms with van der Waals surface area (Å²) in [4.78, 5) is 11.4. The van der Waals surface area contributed by atoms with Crippen LogP contribution in [0.25, 0.3) is 0 Å². The van der Waals surface area contributed by atoms with E-state index in [1.807, 2.05) is 6.08 Å². The maximum absolute atomic E-state index is 11.4. The van der Waals surface area contributed by atoms with Gasteiger partial charge in [0, 0.05) is 11.0 Å². The molecule has 0 radical (unpaired) electrons. The molecule has 2 nitrogen and oxygen atoms in total. The van der Waals surface area contributed by atoms with E-state index in [9.17, 15) is 9.90 Å². The van der Waals surface area contributed by atoms with Crippen molar-refractivity contribution in [2.75, 3.05) is 0 Å². The molecule has 0 saturated heterocycles. The van der Waals surface area contributed by atoms with Gasteiger partial charge in [0.1, 0.15) is 0 Å². The van der Waals surface area contributed by atoms with Crippen molar-refractivity contribution in [1.82, 2.24) is 0 Å². The highest BCUT2D eigenvalue weighted by molar-refractivity contribution is 5.89. The summed E-state index contributed by atoms with van der Waals surface area (Å²) in [6, 6.07) is 0. The number of allylic oxidation sites excluding steroid dienone is 3. The molecule has 0 aromatic carbocycles. The molecule has 0 aliphatic heterocycles. The Morgan fingerprint density at radius 1 is 1.47 bits per heavy atom. The van der Waals surface area contributed by atoms with E-state index in [0.717, 1.165) is 25.7 Å². The smallest absolute Gasteiger partial charge is 0.331 e. The van der Waals surface area contributed by atoms with E-state index in [4.69, 9.17) is 0 Å². The predicted molar refractivity (Wildman–Crippen MR) is 68.7 cm³/mol. The average Bonchev–Trinajstić information content (AvgIpc) is 2.62. The molecular formula is C15H22O2. The van der Waals surface area contributed by atoms with Crippen molar-refractivity contribution < 1.29 is 9.90 Å². The van der Waals surface area contributed by atoms with Gasteiger partial charge >= 0.3 is 5.97 Å². The van der Waals surface area contributed by atoms with Crippen molar-refractivity contribution in [3.05, 3.63) is 23.3 Å². The number of hydrogen-bond donors (Lipinski definition) is 1. The molecule has 94 valence electrons. The Balaban J connectivity index is 2.36. The van der Waals surface area contributed by atoms with Crippen LogP contribution in [0.3, 0.4) is 0 Å². The second kappa shape index (κ2) is 4.32. The van der Waals surface area contributed by atoms with Crippen LogP contribution >= 0.6 is 0 Å². The SMILES string of the molecule is CC1=CC[C@]2(CC1)C(C(=O)O)=CC[C@H]2C(C)C. The lowest BCUT2D eigenvalue weighted by atomic mass is 9.62. The highest BCUT2D eigenvalue weighted by Gasteiger charge is 2.48. The van der Waals surface area contributed by atoms with Gasteiger partial charge < -0.3 is 5.11 Å². The fourth-order valence-electron chi connectivity index (χ4n) is 3.65. The van der Waals surface area contributed by atoms with E-state index in [-0.39, 0.29) is 5.41 Å². The van der Waals surface area contributed by atoms with Crippen molar-refractivity contribution in [3.63, 3.8) is 0 Å². The normalized spacial score (nSPS) is 32.8. The summed E-state index contributed by atoms with van der Waals surface area (Å²) >= 11 is 0. The number of carbonyl (C=O) groups is 1. The van der Waals surface area contributed by atoms with Gasteiger partial charge in [0.2, 0.25) is 0 Å². The van der Waals surface area contributed by atoms with Crippen LogP contribution in [0, 0.1) is 17.3 Å².